The summed E-state index contributed by atoms with van der Waals surface area (Å²) < 4.78 is 3.13. The van der Waals surface area contributed by atoms with Gasteiger partial charge >= 0.3 is 0 Å². The standard InChI is InChI=1S/C13H9N7O2/c1-18-12-9(6-15-18)13-16-11(17-19(13)7-14-12)8-4-2-3-5-10(8)20(21)22/h2-7H,1H3. The van der Waals surface area contributed by atoms with E-state index in [4.69, 9.17) is 0 Å². The fraction of sp³-hybridized carbons (Fsp3) is 0.0769. The SMILES string of the molecule is Cn1ncc2c1ncn1nc(-c3ccccc3[N+](=O)[O-])nc21. The molecular weight excluding hydrogens is 286 g/mol. The van der Waals surface area contributed by atoms with Crippen molar-refractivity contribution in [2.24, 2.45) is 7.05 Å². The number of fused-ring (bicyclic) bond motifs is 3. The van der Waals surface area contributed by atoms with Crippen LogP contribution < -0.4 is 0 Å². The summed E-state index contributed by atoms with van der Waals surface area (Å²) in [7, 11) is 1.78. The molecule has 0 radical (unpaired) electrons. The Morgan fingerprint density at radius 2 is 2.05 bits per heavy atom. The Bertz CT molecular complexity index is 1030. The maximum atomic E-state index is 11.1. The monoisotopic (exact) mass is 295 g/mol. The largest absolute Gasteiger partial charge is 0.280 e. The highest BCUT2D eigenvalue weighted by atomic mass is 16.6. The first-order chi connectivity index (χ1) is 10.6. The van der Waals surface area contributed by atoms with Crippen LogP contribution in [0, 0.1) is 10.1 Å². The molecule has 0 unspecified atom stereocenters. The van der Waals surface area contributed by atoms with E-state index in [-0.39, 0.29) is 11.5 Å². The second kappa shape index (κ2) is 4.32. The average molecular weight is 295 g/mol. The number of hydrogen-bond acceptors (Lipinski definition) is 6. The molecule has 0 N–H and O–H groups in total. The summed E-state index contributed by atoms with van der Waals surface area (Å²) in [6.07, 6.45) is 3.17. The summed E-state index contributed by atoms with van der Waals surface area (Å²) in [5, 5.41) is 20.3. The van der Waals surface area contributed by atoms with E-state index < -0.39 is 4.92 Å². The first kappa shape index (κ1) is 12.4. The van der Waals surface area contributed by atoms with Crippen molar-refractivity contribution in [3.63, 3.8) is 0 Å². The number of aryl methyl sites for hydroxylation is 1. The number of nitro groups is 1. The number of nitro benzene ring substituents is 1. The van der Waals surface area contributed by atoms with E-state index in [2.05, 4.69) is 20.2 Å². The van der Waals surface area contributed by atoms with E-state index in [0.29, 0.717) is 16.9 Å². The summed E-state index contributed by atoms with van der Waals surface area (Å²) >= 11 is 0. The van der Waals surface area contributed by atoms with Crippen molar-refractivity contribution in [1.82, 2.24) is 29.4 Å². The van der Waals surface area contributed by atoms with E-state index in [1.807, 2.05) is 0 Å². The third-order valence-electron chi connectivity index (χ3n) is 3.41. The predicted octanol–water partition coefficient (Wildman–Crippen LogP) is 1.59. The Hall–Kier alpha value is -3.36. The molecule has 9 nitrogen and oxygen atoms in total. The molecule has 0 fully saturated rings. The summed E-state index contributed by atoms with van der Waals surface area (Å²) in [6.45, 7) is 0. The molecule has 0 aliphatic rings. The molecule has 4 rings (SSSR count). The highest BCUT2D eigenvalue weighted by molar-refractivity contribution is 5.89. The Kier molecular flexibility index (Phi) is 2.43. The molecule has 108 valence electrons. The zero-order valence-electron chi connectivity index (χ0n) is 11.4. The molecule has 3 heterocycles. The second-order valence-corrected chi connectivity index (χ2v) is 4.73. The lowest BCUT2D eigenvalue weighted by Crippen LogP contribution is -1.95. The molecule has 0 saturated heterocycles. The highest BCUT2D eigenvalue weighted by Gasteiger charge is 2.19. The molecule has 0 amide bonds. The minimum Gasteiger partial charge on any atom is -0.258 e. The van der Waals surface area contributed by atoms with Crippen LogP contribution in [-0.2, 0) is 7.05 Å². The van der Waals surface area contributed by atoms with Gasteiger partial charge in [-0.3, -0.25) is 14.8 Å². The minimum atomic E-state index is -0.445. The molecule has 0 saturated carbocycles. The van der Waals surface area contributed by atoms with Crippen molar-refractivity contribution >= 4 is 22.4 Å². The van der Waals surface area contributed by atoms with Gasteiger partial charge in [0.25, 0.3) is 5.69 Å². The number of nitrogens with zero attached hydrogens (tertiary/aromatic N) is 7. The van der Waals surface area contributed by atoms with Gasteiger partial charge in [-0.25, -0.2) is 14.5 Å². The quantitative estimate of drug-likeness (QED) is 0.411. The van der Waals surface area contributed by atoms with Crippen LogP contribution in [0.15, 0.2) is 36.8 Å². The molecule has 22 heavy (non-hydrogen) atoms. The molecule has 4 aromatic rings. The Morgan fingerprint density at radius 3 is 2.86 bits per heavy atom. The normalized spacial score (nSPS) is 11.3. The smallest absolute Gasteiger partial charge is 0.258 e. The first-order valence-electron chi connectivity index (χ1n) is 6.42. The van der Waals surface area contributed by atoms with Crippen LogP contribution in [0.3, 0.4) is 0 Å². The number of rotatable bonds is 2. The maximum Gasteiger partial charge on any atom is 0.280 e. The van der Waals surface area contributed by atoms with Gasteiger partial charge in [0.15, 0.2) is 17.1 Å². The average Bonchev–Trinajstić information content (AvgIpc) is 3.11. The van der Waals surface area contributed by atoms with Crippen LogP contribution in [0.5, 0.6) is 0 Å². The summed E-state index contributed by atoms with van der Waals surface area (Å²) in [6, 6.07) is 6.38. The zero-order valence-corrected chi connectivity index (χ0v) is 11.4. The Labute approximate surface area is 123 Å². The molecule has 0 spiro atoms. The van der Waals surface area contributed by atoms with Crippen LogP contribution in [0.4, 0.5) is 5.69 Å². The van der Waals surface area contributed by atoms with E-state index in [0.717, 1.165) is 5.39 Å². The first-order valence-corrected chi connectivity index (χ1v) is 6.42. The number of hydrogen-bond donors (Lipinski definition) is 0. The second-order valence-electron chi connectivity index (χ2n) is 4.73. The van der Waals surface area contributed by atoms with Crippen LogP contribution >= 0.6 is 0 Å². The number of aromatic nitrogens is 6. The van der Waals surface area contributed by atoms with Gasteiger partial charge < -0.3 is 0 Å². The molecule has 0 bridgehead atoms. The Morgan fingerprint density at radius 1 is 1.23 bits per heavy atom. The topological polar surface area (TPSA) is 104 Å². The molecule has 9 heteroatoms. The van der Waals surface area contributed by atoms with Crippen molar-refractivity contribution in [3.8, 4) is 11.4 Å². The molecule has 1 aromatic carbocycles. The fourth-order valence-electron chi connectivity index (χ4n) is 2.37. The van der Waals surface area contributed by atoms with Crippen molar-refractivity contribution < 1.29 is 4.92 Å². The lowest BCUT2D eigenvalue weighted by Gasteiger charge is -1.96. The Balaban J connectivity index is 2.01. The zero-order chi connectivity index (χ0) is 15.3. The van der Waals surface area contributed by atoms with Crippen molar-refractivity contribution in [2.75, 3.05) is 0 Å². The van der Waals surface area contributed by atoms with E-state index in [1.165, 1.54) is 16.9 Å². The molecule has 0 aliphatic carbocycles. The fourth-order valence-corrected chi connectivity index (χ4v) is 2.37. The van der Waals surface area contributed by atoms with E-state index in [9.17, 15) is 10.1 Å². The van der Waals surface area contributed by atoms with Gasteiger partial charge in [0.05, 0.1) is 22.1 Å². The van der Waals surface area contributed by atoms with Gasteiger partial charge in [-0.05, 0) is 6.07 Å². The van der Waals surface area contributed by atoms with Crippen LogP contribution in [0.25, 0.3) is 28.1 Å². The van der Waals surface area contributed by atoms with Gasteiger partial charge in [0.1, 0.15) is 6.33 Å². The lowest BCUT2D eigenvalue weighted by atomic mass is 10.2. The van der Waals surface area contributed by atoms with E-state index in [1.54, 1.807) is 36.1 Å². The number of benzene rings is 1. The van der Waals surface area contributed by atoms with Gasteiger partial charge in [0.2, 0.25) is 0 Å². The minimum absolute atomic E-state index is 0.0335. The molecule has 0 atom stereocenters. The van der Waals surface area contributed by atoms with Crippen LogP contribution in [0.2, 0.25) is 0 Å². The van der Waals surface area contributed by atoms with Crippen LogP contribution in [0.1, 0.15) is 0 Å². The van der Waals surface area contributed by atoms with E-state index >= 15 is 0 Å². The molecular formula is C13H9N7O2. The highest BCUT2D eigenvalue weighted by Crippen LogP contribution is 2.28. The number of para-hydroxylation sites is 1. The van der Waals surface area contributed by atoms with Crippen molar-refractivity contribution in [1.29, 1.82) is 0 Å². The van der Waals surface area contributed by atoms with Gasteiger partial charge in [-0.15, -0.1) is 5.10 Å². The van der Waals surface area contributed by atoms with Gasteiger partial charge in [-0.1, -0.05) is 12.1 Å². The summed E-state index contributed by atoms with van der Waals surface area (Å²) in [5.74, 6) is 0.283. The van der Waals surface area contributed by atoms with Crippen molar-refractivity contribution in [3.05, 3.63) is 46.9 Å². The lowest BCUT2D eigenvalue weighted by molar-refractivity contribution is -0.384. The summed E-state index contributed by atoms with van der Waals surface area (Å²) in [5.41, 5.74) is 1.57. The van der Waals surface area contributed by atoms with Crippen LogP contribution in [-0.4, -0.2) is 34.3 Å². The maximum absolute atomic E-state index is 11.1. The molecule has 0 aliphatic heterocycles. The predicted molar refractivity (Wildman–Crippen MR) is 77.1 cm³/mol. The summed E-state index contributed by atoms with van der Waals surface area (Å²) in [4.78, 5) is 19.4. The van der Waals surface area contributed by atoms with Crippen molar-refractivity contribution in [2.45, 2.75) is 0 Å². The van der Waals surface area contributed by atoms with Gasteiger partial charge in [0, 0.05) is 13.1 Å². The third kappa shape index (κ3) is 1.65. The van der Waals surface area contributed by atoms with Gasteiger partial charge in [-0.2, -0.15) is 5.10 Å². The molecule has 3 aromatic heterocycles. The third-order valence-corrected chi connectivity index (χ3v) is 3.41.